The van der Waals surface area contributed by atoms with Crippen LogP contribution in [-0.2, 0) is 20.8 Å². The molecule has 190 valence electrons. The van der Waals surface area contributed by atoms with Gasteiger partial charge < -0.3 is 24.7 Å². The Morgan fingerprint density at radius 1 is 1.31 bits per heavy atom. The van der Waals surface area contributed by atoms with Crippen molar-refractivity contribution in [3.63, 3.8) is 0 Å². The van der Waals surface area contributed by atoms with E-state index in [1.807, 2.05) is 43.3 Å². The molecular weight excluding hydrogens is 456 g/mol. The van der Waals surface area contributed by atoms with Gasteiger partial charge >= 0.3 is 5.97 Å². The van der Waals surface area contributed by atoms with Gasteiger partial charge in [0.05, 0.1) is 24.7 Å². The van der Waals surface area contributed by atoms with Gasteiger partial charge in [-0.25, -0.2) is 9.78 Å². The van der Waals surface area contributed by atoms with E-state index in [4.69, 9.17) is 14.5 Å². The summed E-state index contributed by atoms with van der Waals surface area (Å²) in [5.41, 5.74) is 4.16. The fraction of sp³-hybridized carbons (Fsp3) is 0.393. The van der Waals surface area contributed by atoms with Crippen molar-refractivity contribution < 1.29 is 19.1 Å². The number of methoxy groups -OCH3 is 1. The van der Waals surface area contributed by atoms with Gasteiger partial charge in [-0.15, -0.1) is 6.58 Å². The summed E-state index contributed by atoms with van der Waals surface area (Å²) in [5.74, 6) is -0.819. The molecule has 0 radical (unpaired) electrons. The zero-order chi connectivity index (χ0) is 25.7. The normalized spacial score (nSPS) is 16.0. The van der Waals surface area contributed by atoms with Gasteiger partial charge in [0, 0.05) is 24.6 Å². The smallest absolute Gasteiger partial charge is 0.356 e. The second-order valence-corrected chi connectivity index (χ2v) is 9.41. The molecule has 1 saturated heterocycles. The minimum absolute atomic E-state index is 0.192. The van der Waals surface area contributed by atoms with Gasteiger partial charge in [-0.1, -0.05) is 35.9 Å². The number of benzene rings is 1. The first-order valence-electron chi connectivity index (χ1n) is 12.3. The maximum atomic E-state index is 13.1. The lowest BCUT2D eigenvalue weighted by molar-refractivity contribution is -0.124. The molecule has 0 saturated carbocycles. The van der Waals surface area contributed by atoms with E-state index in [9.17, 15) is 9.59 Å². The predicted octanol–water partition coefficient (Wildman–Crippen LogP) is 5.15. The van der Waals surface area contributed by atoms with E-state index in [0.29, 0.717) is 36.3 Å². The first-order chi connectivity index (χ1) is 17.4. The average Bonchev–Trinajstić information content (AvgIpc) is 3.51. The number of amides is 1. The standard InChI is InChI=1S/C28H34N4O4/c1-18(2)12-13-19(3)30-21-15-22-24(31-27(33)23-11-8-14-36-23)25(28(34)35-4)32(26(22)29-16-21)17-20-9-6-5-7-10-20/h5-7,9-10,15-16,19,23,30H,1,8,11-14,17H2,2-4H3,(H,31,33). The number of hydrogen-bond donors (Lipinski definition) is 2. The number of aromatic nitrogens is 2. The quantitative estimate of drug-likeness (QED) is 0.302. The van der Waals surface area contributed by atoms with E-state index >= 15 is 0 Å². The van der Waals surface area contributed by atoms with Crippen molar-refractivity contribution in [2.75, 3.05) is 24.4 Å². The summed E-state index contributed by atoms with van der Waals surface area (Å²) in [5, 5.41) is 7.11. The lowest BCUT2D eigenvalue weighted by Crippen LogP contribution is -2.28. The molecule has 1 aromatic carbocycles. The van der Waals surface area contributed by atoms with Crippen molar-refractivity contribution in [3.8, 4) is 0 Å². The summed E-state index contributed by atoms with van der Waals surface area (Å²) in [4.78, 5) is 30.8. The number of hydrogen-bond acceptors (Lipinski definition) is 6. The van der Waals surface area contributed by atoms with Gasteiger partial charge in [0.25, 0.3) is 5.91 Å². The zero-order valence-corrected chi connectivity index (χ0v) is 21.2. The van der Waals surface area contributed by atoms with E-state index in [1.54, 1.807) is 10.8 Å². The molecule has 0 aliphatic carbocycles. The van der Waals surface area contributed by atoms with E-state index in [-0.39, 0.29) is 17.6 Å². The number of esters is 1. The number of ether oxygens (including phenoxy) is 2. The largest absolute Gasteiger partial charge is 0.464 e. The van der Waals surface area contributed by atoms with Crippen LogP contribution >= 0.6 is 0 Å². The van der Waals surface area contributed by atoms with E-state index in [2.05, 4.69) is 24.1 Å². The Hall–Kier alpha value is -3.65. The van der Waals surface area contributed by atoms with Crippen molar-refractivity contribution in [2.24, 2.45) is 0 Å². The highest BCUT2D eigenvalue weighted by molar-refractivity contribution is 6.12. The molecule has 4 rings (SSSR count). The molecular formula is C28H34N4O4. The number of rotatable bonds is 10. The van der Waals surface area contributed by atoms with Gasteiger partial charge in [-0.2, -0.15) is 0 Å². The first kappa shape index (κ1) is 25.4. The molecule has 36 heavy (non-hydrogen) atoms. The first-order valence-corrected chi connectivity index (χ1v) is 12.3. The van der Waals surface area contributed by atoms with Crippen LogP contribution in [0.25, 0.3) is 11.0 Å². The third-order valence-corrected chi connectivity index (χ3v) is 6.35. The van der Waals surface area contributed by atoms with Gasteiger partial charge in [-0.05, 0) is 51.2 Å². The highest BCUT2D eigenvalue weighted by Crippen LogP contribution is 2.34. The minimum atomic E-state index is -0.545. The molecule has 8 heteroatoms. The fourth-order valence-electron chi connectivity index (χ4n) is 4.47. The highest BCUT2D eigenvalue weighted by Gasteiger charge is 2.30. The fourth-order valence-corrected chi connectivity index (χ4v) is 4.47. The Balaban J connectivity index is 1.79. The van der Waals surface area contributed by atoms with E-state index < -0.39 is 12.1 Å². The Morgan fingerprint density at radius 3 is 2.75 bits per heavy atom. The average molecular weight is 491 g/mol. The number of pyridine rings is 1. The number of allylic oxidation sites excluding steroid dienone is 1. The van der Waals surface area contributed by atoms with Crippen LogP contribution < -0.4 is 10.6 Å². The number of nitrogens with one attached hydrogen (secondary N) is 2. The van der Waals surface area contributed by atoms with Crippen LogP contribution in [0.1, 0.15) is 55.6 Å². The number of carbonyl (C=O) groups is 2. The molecule has 0 bridgehead atoms. The molecule has 2 unspecified atom stereocenters. The molecule has 2 N–H and O–H groups in total. The molecule has 3 heterocycles. The van der Waals surface area contributed by atoms with Crippen molar-refractivity contribution in [2.45, 2.75) is 58.2 Å². The predicted molar refractivity (Wildman–Crippen MR) is 141 cm³/mol. The van der Waals surface area contributed by atoms with Crippen molar-refractivity contribution in [1.82, 2.24) is 9.55 Å². The Morgan fingerprint density at radius 2 is 2.08 bits per heavy atom. The summed E-state index contributed by atoms with van der Waals surface area (Å²) < 4.78 is 12.5. The second kappa shape index (κ2) is 11.4. The van der Waals surface area contributed by atoms with Crippen LogP contribution in [0.3, 0.4) is 0 Å². The van der Waals surface area contributed by atoms with Crippen LogP contribution in [0.2, 0.25) is 0 Å². The lowest BCUT2D eigenvalue weighted by atomic mass is 10.1. The van der Waals surface area contributed by atoms with Gasteiger partial charge in [-0.3, -0.25) is 4.79 Å². The lowest BCUT2D eigenvalue weighted by Gasteiger charge is -2.15. The Bertz CT molecular complexity index is 1250. The molecule has 0 spiro atoms. The van der Waals surface area contributed by atoms with Crippen molar-refractivity contribution in [3.05, 3.63) is 66.0 Å². The van der Waals surface area contributed by atoms with Gasteiger partial charge in [0.1, 0.15) is 11.8 Å². The van der Waals surface area contributed by atoms with Crippen LogP contribution in [0.15, 0.2) is 54.7 Å². The van der Waals surface area contributed by atoms with Crippen LogP contribution in [0, 0.1) is 0 Å². The molecule has 1 fully saturated rings. The van der Waals surface area contributed by atoms with Gasteiger partial charge in [0.2, 0.25) is 0 Å². The summed E-state index contributed by atoms with van der Waals surface area (Å²) in [6.45, 7) is 9.05. The number of carbonyl (C=O) groups excluding carboxylic acids is 2. The van der Waals surface area contributed by atoms with Crippen molar-refractivity contribution >= 4 is 34.3 Å². The topological polar surface area (TPSA) is 94.5 Å². The summed E-state index contributed by atoms with van der Waals surface area (Å²) in [6, 6.07) is 11.9. The number of anilines is 2. The molecule has 3 aromatic rings. The maximum Gasteiger partial charge on any atom is 0.356 e. The molecule has 1 aliphatic heterocycles. The Kier molecular flexibility index (Phi) is 8.05. The molecule has 1 amide bonds. The van der Waals surface area contributed by atoms with Crippen molar-refractivity contribution in [1.29, 1.82) is 0 Å². The molecule has 2 atom stereocenters. The third-order valence-electron chi connectivity index (χ3n) is 6.35. The van der Waals surface area contributed by atoms with Gasteiger partial charge in [0.15, 0.2) is 5.69 Å². The maximum absolute atomic E-state index is 13.1. The summed E-state index contributed by atoms with van der Waals surface area (Å²) >= 11 is 0. The Labute approximate surface area is 211 Å². The minimum Gasteiger partial charge on any atom is -0.464 e. The molecule has 2 aromatic heterocycles. The summed E-state index contributed by atoms with van der Waals surface area (Å²) in [6.07, 6.45) is 4.54. The van der Waals surface area contributed by atoms with E-state index in [1.165, 1.54) is 7.11 Å². The number of nitrogens with zero attached hydrogens (tertiary/aromatic N) is 2. The highest BCUT2D eigenvalue weighted by atomic mass is 16.5. The molecule has 1 aliphatic rings. The summed E-state index contributed by atoms with van der Waals surface area (Å²) in [7, 11) is 1.34. The molecule has 8 nitrogen and oxygen atoms in total. The SMILES string of the molecule is C=C(C)CCC(C)Nc1cnc2c(c1)c(NC(=O)C1CCCO1)c(C(=O)OC)n2Cc1ccccc1. The second-order valence-electron chi connectivity index (χ2n) is 9.41. The van der Waals surface area contributed by atoms with Crippen LogP contribution in [0.5, 0.6) is 0 Å². The third kappa shape index (κ3) is 5.76. The van der Waals surface area contributed by atoms with Crippen LogP contribution in [0.4, 0.5) is 11.4 Å². The van der Waals surface area contributed by atoms with Crippen LogP contribution in [-0.4, -0.2) is 47.3 Å². The monoisotopic (exact) mass is 490 g/mol. The van der Waals surface area contributed by atoms with E-state index in [0.717, 1.165) is 36.1 Å². The zero-order valence-electron chi connectivity index (χ0n) is 21.2. The number of fused-ring (bicyclic) bond motifs is 1.